The zero-order valence-electron chi connectivity index (χ0n) is 11.0. The predicted molar refractivity (Wildman–Crippen MR) is 73.6 cm³/mol. The maximum absolute atomic E-state index is 12.6. The third-order valence-corrected chi connectivity index (χ3v) is 3.28. The summed E-state index contributed by atoms with van der Waals surface area (Å²) in [6.07, 6.45) is -4.44. The minimum Gasteiger partial charge on any atom is -0.478 e. The fraction of sp³-hybridized carbons (Fsp3) is 0.0625. The molecule has 6 heteroatoms. The van der Waals surface area contributed by atoms with Gasteiger partial charge in [0.25, 0.3) is 0 Å². The van der Waals surface area contributed by atoms with Gasteiger partial charge in [0.1, 0.15) is 16.9 Å². The van der Waals surface area contributed by atoms with Crippen LogP contribution in [0.15, 0.2) is 52.9 Å². The van der Waals surface area contributed by atoms with Crippen molar-refractivity contribution in [1.82, 2.24) is 0 Å². The number of fused-ring (bicyclic) bond motifs is 1. The summed E-state index contributed by atoms with van der Waals surface area (Å²) in [7, 11) is 0. The van der Waals surface area contributed by atoms with E-state index >= 15 is 0 Å². The molecule has 0 spiro atoms. The van der Waals surface area contributed by atoms with E-state index in [9.17, 15) is 23.1 Å². The lowest BCUT2D eigenvalue weighted by atomic mass is 10.0. The van der Waals surface area contributed by atoms with Gasteiger partial charge in [0.05, 0.1) is 5.56 Å². The molecule has 0 aliphatic carbocycles. The highest BCUT2D eigenvalue weighted by atomic mass is 19.4. The van der Waals surface area contributed by atoms with Crippen LogP contribution in [0.1, 0.15) is 15.9 Å². The third-order valence-electron chi connectivity index (χ3n) is 3.28. The van der Waals surface area contributed by atoms with Crippen LogP contribution >= 0.6 is 0 Å². The molecule has 3 nitrogen and oxygen atoms in total. The first-order chi connectivity index (χ1) is 10.4. The van der Waals surface area contributed by atoms with Gasteiger partial charge < -0.3 is 9.52 Å². The normalized spacial score (nSPS) is 11.8. The highest BCUT2D eigenvalue weighted by Gasteiger charge is 2.30. The van der Waals surface area contributed by atoms with Crippen LogP contribution in [0.2, 0.25) is 0 Å². The molecule has 0 amide bonds. The highest BCUT2D eigenvalue weighted by molar-refractivity contribution is 6.07. The Bertz CT molecular complexity index is 845. The zero-order chi connectivity index (χ0) is 15.9. The predicted octanol–water partition coefficient (Wildman–Crippen LogP) is 4.82. The van der Waals surface area contributed by atoms with Crippen molar-refractivity contribution in [3.63, 3.8) is 0 Å². The smallest absolute Gasteiger partial charge is 0.416 e. The van der Waals surface area contributed by atoms with Crippen molar-refractivity contribution in [3.8, 4) is 11.3 Å². The first kappa shape index (κ1) is 14.2. The number of halogens is 3. The molecular formula is C16H9F3O3. The first-order valence-electron chi connectivity index (χ1n) is 6.30. The van der Waals surface area contributed by atoms with E-state index in [2.05, 4.69) is 0 Å². The number of carbonyl (C=O) groups is 1. The van der Waals surface area contributed by atoms with Crippen molar-refractivity contribution in [2.75, 3.05) is 0 Å². The molecule has 3 rings (SSSR count). The Morgan fingerprint density at radius 1 is 1.00 bits per heavy atom. The lowest BCUT2D eigenvalue weighted by molar-refractivity contribution is -0.137. The maximum atomic E-state index is 12.6. The second kappa shape index (κ2) is 4.91. The van der Waals surface area contributed by atoms with Crippen LogP contribution in [0.3, 0.4) is 0 Å². The molecule has 22 heavy (non-hydrogen) atoms. The summed E-state index contributed by atoms with van der Waals surface area (Å²) in [5, 5.41) is 9.77. The molecule has 0 radical (unpaired) electrons. The van der Waals surface area contributed by atoms with Crippen LogP contribution in [0, 0.1) is 0 Å². The molecule has 0 atom stereocenters. The van der Waals surface area contributed by atoms with E-state index in [-0.39, 0.29) is 16.9 Å². The number of carboxylic acids is 1. The Balaban J connectivity index is 2.18. The summed E-state index contributed by atoms with van der Waals surface area (Å²) >= 11 is 0. The number of rotatable bonds is 2. The van der Waals surface area contributed by atoms with Crippen LogP contribution in [-0.4, -0.2) is 11.1 Å². The van der Waals surface area contributed by atoms with E-state index in [1.807, 2.05) is 0 Å². The number of benzene rings is 2. The third kappa shape index (κ3) is 2.32. The number of furan rings is 1. The lowest BCUT2D eigenvalue weighted by Gasteiger charge is -2.07. The second-order valence-corrected chi connectivity index (χ2v) is 4.68. The van der Waals surface area contributed by atoms with E-state index in [1.54, 1.807) is 24.3 Å². The number of hydrogen-bond acceptors (Lipinski definition) is 2. The van der Waals surface area contributed by atoms with Gasteiger partial charge in [-0.25, -0.2) is 4.79 Å². The number of alkyl halides is 3. The average Bonchev–Trinajstić information content (AvgIpc) is 2.86. The van der Waals surface area contributed by atoms with Gasteiger partial charge in [-0.15, -0.1) is 0 Å². The van der Waals surface area contributed by atoms with Gasteiger partial charge in [0.2, 0.25) is 0 Å². The van der Waals surface area contributed by atoms with Crippen molar-refractivity contribution < 1.29 is 27.5 Å². The van der Waals surface area contributed by atoms with Crippen molar-refractivity contribution >= 4 is 16.9 Å². The van der Waals surface area contributed by atoms with Gasteiger partial charge in [0, 0.05) is 10.9 Å². The van der Waals surface area contributed by atoms with Gasteiger partial charge in [-0.3, -0.25) is 0 Å². The molecule has 0 aliphatic heterocycles. The van der Waals surface area contributed by atoms with Crippen LogP contribution in [0.5, 0.6) is 0 Å². The zero-order valence-corrected chi connectivity index (χ0v) is 11.0. The average molecular weight is 306 g/mol. The van der Waals surface area contributed by atoms with Gasteiger partial charge in [-0.1, -0.05) is 30.3 Å². The maximum Gasteiger partial charge on any atom is 0.416 e. The summed E-state index contributed by atoms with van der Waals surface area (Å²) in [5.41, 5.74) is -0.212. The molecular weight excluding hydrogens is 297 g/mol. The van der Waals surface area contributed by atoms with Crippen LogP contribution < -0.4 is 0 Å². The fourth-order valence-electron chi connectivity index (χ4n) is 2.27. The summed E-state index contributed by atoms with van der Waals surface area (Å²) in [6.45, 7) is 0. The molecule has 1 aromatic heterocycles. The molecule has 0 saturated carbocycles. The van der Waals surface area contributed by atoms with E-state index < -0.39 is 17.7 Å². The molecule has 1 N–H and O–H groups in total. The largest absolute Gasteiger partial charge is 0.478 e. The molecule has 3 aromatic rings. The topological polar surface area (TPSA) is 50.4 Å². The Morgan fingerprint density at radius 2 is 1.64 bits per heavy atom. The lowest BCUT2D eigenvalue weighted by Crippen LogP contribution is -2.04. The highest BCUT2D eigenvalue weighted by Crippen LogP contribution is 2.35. The number of aromatic carboxylic acids is 1. The molecule has 0 bridgehead atoms. The van der Waals surface area contributed by atoms with Crippen molar-refractivity contribution in [3.05, 3.63) is 59.7 Å². The summed E-state index contributed by atoms with van der Waals surface area (Å²) < 4.78 is 43.2. The molecule has 0 fully saturated rings. The van der Waals surface area contributed by atoms with Gasteiger partial charge in [-0.2, -0.15) is 13.2 Å². The van der Waals surface area contributed by atoms with Gasteiger partial charge in [0.15, 0.2) is 0 Å². The molecule has 112 valence electrons. The van der Waals surface area contributed by atoms with E-state index in [1.165, 1.54) is 12.1 Å². The van der Waals surface area contributed by atoms with E-state index in [0.717, 1.165) is 12.1 Å². The summed E-state index contributed by atoms with van der Waals surface area (Å²) in [5.74, 6) is -1.15. The molecule has 0 unspecified atom stereocenters. The molecule has 1 heterocycles. The van der Waals surface area contributed by atoms with Crippen molar-refractivity contribution in [2.24, 2.45) is 0 Å². The first-order valence-corrected chi connectivity index (χ1v) is 6.30. The molecule has 0 saturated heterocycles. The Kier molecular flexibility index (Phi) is 3.16. The van der Waals surface area contributed by atoms with Crippen molar-refractivity contribution in [1.29, 1.82) is 0 Å². The van der Waals surface area contributed by atoms with E-state index in [4.69, 9.17) is 4.42 Å². The minimum atomic E-state index is -4.44. The van der Waals surface area contributed by atoms with Gasteiger partial charge >= 0.3 is 12.1 Å². The standard InChI is InChI=1S/C16H9F3O3/c17-16(18,19)10-7-5-9(6-8-10)14-13(15(20)21)11-3-1-2-4-12(11)22-14/h1-8H,(H,20,21). The SMILES string of the molecule is O=C(O)c1c(-c2ccc(C(F)(F)F)cc2)oc2ccccc12. The van der Waals surface area contributed by atoms with E-state index in [0.29, 0.717) is 11.0 Å². The van der Waals surface area contributed by atoms with Crippen molar-refractivity contribution in [2.45, 2.75) is 6.18 Å². The van der Waals surface area contributed by atoms with Gasteiger partial charge in [-0.05, 0) is 18.2 Å². The second-order valence-electron chi connectivity index (χ2n) is 4.68. The van der Waals surface area contributed by atoms with Crippen LogP contribution in [0.25, 0.3) is 22.3 Å². The minimum absolute atomic E-state index is 0.0439. The Hall–Kier alpha value is -2.76. The van der Waals surface area contributed by atoms with Crippen LogP contribution in [0.4, 0.5) is 13.2 Å². The monoisotopic (exact) mass is 306 g/mol. The Labute approximate surface area is 122 Å². The number of hydrogen-bond donors (Lipinski definition) is 1. The number of carboxylic acid groups (broad SMARTS) is 1. The molecule has 0 aliphatic rings. The molecule has 2 aromatic carbocycles. The quantitative estimate of drug-likeness (QED) is 0.738. The summed E-state index contributed by atoms with van der Waals surface area (Å²) in [4.78, 5) is 11.5. The number of para-hydroxylation sites is 1. The summed E-state index contributed by atoms with van der Waals surface area (Å²) in [6, 6.07) is 10.8. The Morgan fingerprint density at radius 3 is 2.23 bits per heavy atom. The van der Waals surface area contributed by atoms with Crippen LogP contribution in [-0.2, 0) is 6.18 Å². The fourth-order valence-corrected chi connectivity index (χ4v) is 2.27.